The Morgan fingerprint density at radius 3 is 2.95 bits per heavy atom. The van der Waals surface area contributed by atoms with Crippen LogP contribution < -0.4 is 10.5 Å². The van der Waals surface area contributed by atoms with Crippen molar-refractivity contribution in [1.82, 2.24) is 4.90 Å². The summed E-state index contributed by atoms with van der Waals surface area (Å²) in [5.41, 5.74) is 5.79. The molecular formula is C15H23FN2O. The molecule has 0 aliphatic carbocycles. The Labute approximate surface area is 114 Å². The minimum absolute atomic E-state index is 0.297. The summed E-state index contributed by atoms with van der Waals surface area (Å²) in [6, 6.07) is 6.53. The van der Waals surface area contributed by atoms with Gasteiger partial charge in [0.2, 0.25) is 0 Å². The van der Waals surface area contributed by atoms with Gasteiger partial charge in [0, 0.05) is 13.1 Å². The molecule has 106 valence electrons. The first-order valence-corrected chi connectivity index (χ1v) is 7.00. The molecule has 0 spiro atoms. The molecule has 1 aliphatic rings. The SMILES string of the molecule is CC1CCN(CCOc2ccccc2F)CC1CN. The molecule has 2 atom stereocenters. The molecule has 2 N–H and O–H groups in total. The van der Waals surface area contributed by atoms with Gasteiger partial charge in [0.05, 0.1) is 0 Å². The first-order valence-electron chi connectivity index (χ1n) is 7.00. The monoisotopic (exact) mass is 266 g/mol. The van der Waals surface area contributed by atoms with Crippen molar-refractivity contribution in [1.29, 1.82) is 0 Å². The molecule has 0 aromatic heterocycles. The molecule has 1 heterocycles. The Morgan fingerprint density at radius 1 is 1.42 bits per heavy atom. The maximum atomic E-state index is 13.4. The van der Waals surface area contributed by atoms with E-state index >= 15 is 0 Å². The number of hydrogen-bond acceptors (Lipinski definition) is 3. The number of hydrogen-bond donors (Lipinski definition) is 1. The molecule has 1 fully saturated rings. The summed E-state index contributed by atoms with van der Waals surface area (Å²) in [4.78, 5) is 2.36. The lowest BCUT2D eigenvalue weighted by atomic mass is 9.87. The molecule has 1 aromatic carbocycles. The number of ether oxygens (including phenoxy) is 1. The molecule has 0 saturated carbocycles. The zero-order valence-electron chi connectivity index (χ0n) is 11.5. The Kier molecular flexibility index (Phi) is 5.16. The lowest BCUT2D eigenvalue weighted by Crippen LogP contribution is -2.44. The summed E-state index contributed by atoms with van der Waals surface area (Å²) in [5.74, 6) is 1.31. The van der Waals surface area contributed by atoms with E-state index in [4.69, 9.17) is 10.5 Å². The van der Waals surface area contributed by atoms with E-state index in [2.05, 4.69) is 11.8 Å². The van der Waals surface area contributed by atoms with Gasteiger partial charge in [-0.2, -0.15) is 0 Å². The standard InChI is InChI=1S/C15H23FN2O/c1-12-6-7-18(11-13(12)10-17)8-9-19-15-5-3-2-4-14(15)16/h2-5,12-13H,6-11,17H2,1H3. The lowest BCUT2D eigenvalue weighted by molar-refractivity contribution is 0.114. The lowest BCUT2D eigenvalue weighted by Gasteiger charge is -2.36. The molecule has 1 saturated heterocycles. The van der Waals surface area contributed by atoms with Crippen LogP contribution in [0.5, 0.6) is 5.75 Å². The molecule has 19 heavy (non-hydrogen) atoms. The molecule has 2 unspecified atom stereocenters. The van der Waals surface area contributed by atoms with Crippen molar-refractivity contribution < 1.29 is 9.13 Å². The fourth-order valence-corrected chi connectivity index (χ4v) is 2.58. The Bertz CT molecular complexity index is 399. The molecular weight excluding hydrogens is 243 g/mol. The number of nitrogens with zero attached hydrogens (tertiary/aromatic N) is 1. The van der Waals surface area contributed by atoms with Gasteiger partial charge in [0.25, 0.3) is 0 Å². The summed E-state index contributed by atoms with van der Waals surface area (Å²) in [5, 5.41) is 0. The third-order valence-electron chi connectivity index (χ3n) is 4.00. The number of likely N-dealkylation sites (tertiary alicyclic amines) is 1. The van der Waals surface area contributed by atoms with Crippen LogP contribution in [0.3, 0.4) is 0 Å². The van der Waals surface area contributed by atoms with E-state index in [-0.39, 0.29) is 5.82 Å². The number of benzene rings is 1. The fraction of sp³-hybridized carbons (Fsp3) is 0.600. The first kappa shape index (κ1) is 14.3. The largest absolute Gasteiger partial charge is 0.489 e. The van der Waals surface area contributed by atoms with E-state index in [1.54, 1.807) is 18.2 Å². The van der Waals surface area contributed by atoms with Crippen LogP contribution in [0.1, 0.15) is 13.3 Å². The van der Waals surface area contributed by atoms with Crippen molar-refractivity contribution in [3.8, 4) is 5.75 Å². The van der Waals surface area contributed by atoms with Gasteiger partial charge in [0.1, 0.15) is 6.61 Å². The molecule has 3 nitrogen and oxygen atoms in total. The van der Waals surface area contributed by atoms with Crippen LogP contribution in [0, 0.1) is 17.7 Å². The third-order valence-corrected chi connectivity index (χ3v) is 4.00. The second-order valence-corrected chi connectivity index (χ2v) is 5.34. The van der Waals surface area contributed by atoms with E-state index in [1.165, 1.54) is 12.5 Å². The quantitative estimate of drug-likeness (QED) is 0.887. The van der Waals surface area contributed by atoms with Gasteiger partial charge in [-0.05, 0) is 43.5 Å². The van der Waals surface area contributed by atoms with E-state index in [0.29, 0.717) is 24.2 Å². The second kappa shape index (κ2) is 6.87. The van der Waals surface area contributed by atoms with Crippen molar-refractivity contribution in [2.75, 3.05) is 32.8 Å². The average molecular weight is 266 g/mol. The average Bonchev–Trinajstić information content (AvgIpc) is 2.43. The summed E-state index contributed by atoms with van der Waals surface area (Å²) < 4.78 is 18.9. The highest BCUT2D eigenvalue weighted by Crippen LogP contribution is 2.22. The predicted molar refractivity (Wildman–Crippen MR) is 74.7 cm³/mol. The minimum atomic E-state index is -0.297. The highest BCUT2D eigenvalue weighted by Gasteiger charge is 2.24. The minimum Gasteiger partial charge on any atom is -0.489 e. The van der Waals surface area contributed by atoms with Crippen molar-refractivity contribution in [3.05, 3.63) is 30.1 Å². The second-order valence-electron chi connectivity index (χ2n) is 5.34. The topological polar surface area (TPSA) is 38.5 Å². The molecule has 0 amide bonds. The summed E-state index contributed by atoms with van der Waals surface area (Å²) >= 11 is 0. The molecule has 2 rings (SSSR count). The van der Waals surface area contributed by atoms with E-state index < -0.39 is 0 Å². The van der Waals surface area contributed by atoms with Crippen LogP contribution in [0.2, 0.25) is 0 Å². The maximum Gasteiger partial charge on any atom is 0.165 e. The molecule has 4 heteroatoms. The van der Waals surface area contributed by atoms with Crippen LogP contribution in [0.25, 0.3) is 0 Å². The summed E-state index contributed by atoms with van der Waals surface area (Å²) in [6.45, 7) is 6.47. The van der Waals surface area contributed by atoms with Gasteiger partial charge in [-0.15, -0.1) is 0 Å². The van der Waals surface area contributed by atoms with Crippen LogP contribution >= 0.6 is 0 Å². The highest BCUT2D eigenvalue weighted by molar-refractivity contribution is 5.23. The molecule has 1 aliphatic heterocycles. The Hall–Kier alpha value is -1.13. The van der Waals surface area contributed by atoms with Crippen LogP contribution in [0.15, 0.2) is 24.3 Å². The van der Waals surface area contributed by atoms with Crippen molar-refractivity contribution in [2.24, 2.45) is 17.6 Å². The van der Waals surface area contributed by atoms with Gasteiger partial charge in [-0.1, -0.05) is 19.1 Å². The van der Waals surface area contributed by atoms with Gasteiger partial charge in [-0.3, -0.25) is 4.90 Å². The zero-order valence-corrected chi connectivity index (χ0v) is 11.5. The molecule has 1 aromatic rings. The maximum absolute atomic E-state index is 13.4. The highest BCUT2D eigenvalue weighted by atomic mass is 19.1. The van der Waals surface area contributed by atoms with Crippen LogP contribution in [0.4, 0.5) is 4.39 Å². The van der Waals surface area contributed by atoms with Crippen LogP contribution in [-0.4, -0.2) is 37.7 Å². The number of piperidine rings is 1. The predicted octanol–water partition coefficient (Wildman–Crippen LogP) is 2.12. The Morgan fingerprint density at radius 2 is 2.21 bits per heavy atom. The number of nitrogens with two attached hydrogens (primary N) is 1. The van der Waals surface area contributed by atoms with Crippen molar-refractivity contribution in [2.45, 2.75) is 13.3 Å². The molecule has 0 radical (unpaired) electrons. The van der Waals surface area contributed by atoms with Gasteiger partial charge < -0.3 is 10.5 Å². The smallest absolute Gasteiger partial charge is 0.165 e. The number of para-hydroxylation sites is 1. The van der Waals surface area contributed by atoms with E-state index in [1.807, 2.05) is 0 Å². The van der Waals surface area contributed by atoms with E-state index in [0.717, 1.165) is 26.2 Å². The summed E-state index contributed by atoms with van der Waals surface area (Å²) in [6.07, 6.45) is 1.18. The first-order chi connectivity index (χ1) is 9.20. The third kappa shape index (κ3) is 3.91. The van der Waals surface area contributed by atoms with Crippen molar-refractivity contribution in [3.63, 3.8) is 0 Å². The molecule has 0 bridgehead atoms. The fourth-order valence-electron chi connectivity index (χ4n) is 2.58. The number of rotatable bonds is 5. The van der Waals surface area contributed by atoms with Gasteiger partial charge in [-0.25, -0.2) is 4.39 Å². The Balaban J connectivity index is 1.76. The van der Waals surface area contributed by atoms with Gasteiger partial charge >= 0.3 is 0 Å². The van der Waals surface area contributed by atoms with Crippen molar-refractivity contribution >= 4 is 0 Å². The van der Waals surface area contributed by atoms with E-state index in [9.17, 15) is 4.39 Å². The number of halogens is 1. The summed E-state index contributed by atoms with van der Waals surface area (Å²) in [7, 11) is 0. The normalized spacial score (nSPS) is 24.4. The van der Waals surface area contributed by atoms with Gasteiger partial charge in [0.15, 0.2) is 11.6 Å². The van der Waals surface area contributed by atoms with Crippen LogP contribution in [-0.2, 0) is 0 Å². The zero-order chi connectivity index (χ0) is 13.7.